The Labute approximate surface area is 88.7 Å². The summed E-state index contributed by atoms with van der Waals surface area (Å²) in [5, 5.41) is 0. The predicted octanol–water partition coefficient (Wildman–Crippen LogP) is -1.06. The van der Waals surface area contributed by atoms with Crippen LogP contribution in [-0.2, 0) is 0 Å². The minimum Gasteiger partial charge on any atom is -1.00 e. The Kier molecular flexibility index (Phi) is 7.06. The van der Waals surface area contributed by atoms with E-state index in [0.29, 0.717) is 0 Å². The van der Waals surface area contributed by atoms with E-state index in [-0.39, 0.29) is 41.3 Å². The van der Waals surface area contributed by atoms with E-state index in [0.717, 1.165) is 11.1 Å². The molecule has 0 bridgehead atoms. The third kappa shape index (κ3) is 3.84. The minimum atomic E-state index is -0.217. The molecule has 0 unspecified atom stereocenters. The van der Waals surface area contributed by atoms with Crippen LogP contribution in [0.15, 0.2) is 18.2 Å². The van der Waals surface area contributed by atoms with Crippen LogP contribution in [0.2, 0.25) is 0 Å². The van der Waals surface area contributed by atoms with Gasteiger partial charge in [-0.1, -0.05) is 13.0 Å². The zero-order valence-corrected chi connectivity index (χ0v) is 8.57. The molecule has 56 valence electrons. The van der Waals surface area contributed by atoms with Crippen molar-refractivity contribution in [3.63, 3.8) is 0 Å². The van der Waals surface area contributed by atoms with Gasteiger partial charge in [-0.15, -0.1) is 12.1 Å². The monoisotopic (exact) mass is 182 g/mol. The second-order valence-electron chi connectivity index (χ2n) is 2.07. The first-order valence-corrected chi connectivity index (χ1v) is 2.78. The van der Waals surface area contributed by atoms with Gasteiger partial charge < -0.3 is 12.4 Å². The van der Waals surface area contributed by atoms with Gasteiger partial charge in [-0.3, -0.25) is 0 Å². The third-order valence-corrected chi connectivity index (χ3v) is 1.31. The molecule has 0 amide bonds. The first-order chi connectivity index (χ1) is 4.20. The first-order valence-electron chi connectivity index (χ1n) is 2.78. The smallest absolute Gasteiger partial charge is 1.00 e. The van der Waals surface area contributed by atoms with Gasteiger partial charge in [0.25, 0.3) is 0 Å². The average Bonchev–Trinajstić information content (AvgIpc) is 1.80. The maximum atomic E-state index is 12.3. The van der Waals surface area contributed by atoms with E-state index in [1.807, 2.05) is 6.92 Å². The number of halogens is 2. The van der Waals surface area contributed by atoms with Crippen molar-refractivity contribution in [2.75, 3.05) is 0 Å². The normalized spacial score (nSPS) is 7.82. The number of benzene rings is 1. The molecule has 0 heterocycles. The fraction of sp³-hybridized carbons (Fsp3) is 0.125. The topological polar surface area (TPSA) is 0 Å². The molecule has 1 aromatic rings. The summed E-state index contributed by atoms with van der Waals surface area (Å²) in [6, 6.07) is 4.58. The van der Waals surface area contributed by atoms with E-state index in [2.05, 4.69) is 6.92 Å². The van der Waals surface area contributed by atoms with Crippen LogP contribution in [0.5, 0.6) is 0 Å². The molecule has 3 heteroatoms. The number of hydrogen-bond donors (Lipinski definition) is 0. The van der Waals surface area contributed by atoms with Crippen LogP contribution in [0, 0.1) is 19.7 Å². The fourth-order valence-electron chi connectivity index (χ4n) is 0.640. The molecule has 0 N–H and O–H groups in total. The van der Waals surface area contributed by atoms with Crippen molar-refractivity contribution in [2.24, 2.45) is 0 Å². The van der Waals surface area contributed by atoms with Crippen LogP contribution in [0.25, 0.3) is 0 Å². The van der Waals surface area contributed by atoms with Gasteiger partial charge in [-0.2, -0.15) is 18.1 Å². The van der Waals surface area contributed by atoms with Crippen molar-refractivity contribution in [2.45, 2.75) is 6.92 Å². The Bertz CT molecular complexity index is 225. The number of hydrogen-bond acceptors (Lipinski definition) is 0. The number of aryl methyl sites for hydroxylation is 1. The van der Waals surface area contributed by atoms with Crippen LogP contribution < -0.4 is 12.4 Å². The summed E-state index contributed by atoms with van der Waals surface area (Å²) in [5.41, 5.74) is 1.78. The molecule has 0 aromatic heterocycles. The van der Waals surface area contributed by atoms with Crippen molar-refractivity contribution in [3.05, 3.63) is 42.1 Å². The summed E-state index contributed by atoms with van der Waals surface area (Å²) in [6.45, 7) is 5.55. The maximum Gasteiger partial charge on any atom is 2.00 e. The Balaban J connectivity index is 0. The summed E-state index contributed by atoms with van der Waals surface area (Å²) in [5.74, 6) is -0.217. The van der Waals surface area contributed by atoms with Crippen LogP contribution in [0.1, 0.15) is 11.1 Å². The molecule has 0 atom stereocenters. The standard InChI is InChI=1S/C8H8F.ClH.Mg/c1-6-3-4-8(9)5-7(6)2;;/h3-5H,2H2,1H3;1H;/q-1;;+2/p-1. The van der Waals surface area contributed by atoms with Gasteiger partial charge in [0, 0.05) is 0 Å². The van der Waals surface area contributed by atoms with Crippen molar-refractivity contribution in [1.82, 2.24) is 0 Å². The Morgan fingerprint density at radius 2 is 1.91 bits per heavy atom. The second-order valence-corrected chi connectivity index (χ2v) is 2.07. The number of rotatable bonds is 0. The van der Waals surface area contributed by atoms with Gasteiger partial charge in [0.15, 0.2) is 0 Å². The van der Waals surface area contributed by atoms with Gasteiger partial charge in [0.05, 0.1) is 5.82 Å². The van der Waals surface area contributed by atoms with E-state index < -0.39 is 0 Å². The van der Waals surface area contributed by atoms with Crippen LogP contribution in [0.3, 0.4) is 0 Å². The van der Waals surface area contributed by atoms with Gasteiger partial charge >= 0.3 is 23.1 Å². The summed E-state index contributed by atoms with van der Waals surface area (Å²) in [4.78, 5) is 0. The first kappa shape index (κ1) is 13.7. The van der Waals surface area contributed by atoms with E-state index in [1.54, 1.807) is 6.07 Å². The van der Waals surface area contributed by atoms with Gasteiger partial charge in [0.2, 0.25) is 0 Å². The molecule has 0 aliphatic carbocycles. The fourth-order valence-corrected chi connectivity index (χ4v) is 0.640. The molecule has 0 aliphatic rings. The van der Waals surface area contributed by atoms with Crippen LogP contribution in [-0.4, -0.2) is 23.1 Å². The zero-order chi connectivity index (χ0) is 6.85. The van der Waals surface area contributed by atoms with Gasteiger partial charge in [0.1, 0.15) is 0 Å². The summed E-state index contributed by atoms with van der Waals surface area (Å²) in [6.07, 6.45) is 0. The average molecular weight is 183 g/mol. The van der Waals surface area contributed by atoms with Crippen LogP contribution >= 0.6 is 0 Å². The minimum absolute atomic E-state index is 0. The SMILES string of the molecule is [CH2-]c1cc(F)ccc1C.[Cl-].[Mg+2]. The molecule has 0 radical (unpaired) electrons. The summed E-state index contributed by atoms with van der Waals surface area (Å²) < 4.78 is 12.3. The van der Waals surface area contributed by atoms with Crippen molar-refractivity contribution in [1.29, 1.82) is 0 Å². The van der Waals surface area contributed by atoms with Gasteiger partial charge in [-0.25, -0.2) is 4.39 Å². The molecule has 11 heavy (non-hydrogen) atoms. The Hall–Kier alpha value is 0.0762. The summed E-state index contributed by atoms with van der Waals surface area (Å²) >= 11 is 0. The van der Waals surface area contributed by atoms with E-state index in [9.17, 15) is 4.39 Å². The molecular formula is C8H8ClFMg. The van der Waals surface area contributed by atoms with E-state index >= 15 is 0 Å². The molecule has 1 aromatic carbocycles. The summed E-state index contributed by atoms with van der Waals surface area (Å²) in [7, 11) is 0. The van der Waals surface area contributed by atoms with Gasteiger partial charge in [-0.05, 0) is 0 Å². The molecule has 0 saturated carbocycles. The van der Waals surface area contributed by atoms with E-state index in [1.165, 1.54) is 12.1 Å². The van der Waals surface area contributed by atoms with Crippen molar-refractivity contribution < 1.29 is 16.8 Å². The van der Waals surface area contributed by atoms with E-state index in [4.69, 9.17) is 0 Å². The molecule has 0 nitrogen and oxygen atoms in total. The predicted molar refractivity (Wildman–Crippen MR) is 41.4 cm³/mol. The molecule has 0 spiro atoms. The molecule has 0 aliphatic heterocycles. The zero-order valence-electron chi connectivity index (χ0n) is 6.40. The quantitative estimate of drug-likeness (QED) is 0.355. The van der Waals surface area contributed by atoms with Crippen molar-refractivity contribution in [3.8, 4) is 0 Å². The maximum absolute atomic E-state index is 12.3. The molecular weight excluding hydrogens is 175 g/mol. The third-order valence-electron chi connectivity index (χ3n) is 1.31. The second kappa shape index (κ2) is 5.69. The van der Waals surface area contributed by atoms with Crippen molar-refractivity contribution >= 4 is 23.1 Å². The largest absolute Gasteiger partial charge is 2.00 e. The Morgan fingerprint density at radius 1 is 1.36 bits per heavy atom. The Morgan fingerprint density at radius 3 is 2.27 bits per heavy atom. The molecule has 0 fully saturated rings. The molecule has 1 rings (SSSR count). The van der Waals surface area contributed by atoms with Crippen LogP contribution in [0.4, 0.5) is 4.39 Å². The molecule has 0 saturated heterocycles.